The van der Waals surface area contributed by atoms with E-state index in [0.29, 0.717) is 11.2 Å². The molecule has 0 aliphatic rings. The first kappa shape index (κ1) is 12.2. The fourth-order valence-electron chi connectivity index (χ4n) is 1.62. The summed E-state index contributed by atoms with van der Waals surface area (Å²) < 4.78 is 2.75. The van der Waals surface area contributed by atoms with Crippen LogP contribution in [-0.2, 0) is 7.05 Å². The Morgan fingerprint density at radius 1 is 1.44 bits per heavy atom. The monoisotopic (exact) mass is 246 g/mol. The summed E-state index contributed by atoms with van der Waals surface area (Å²) in [5.41, 5.74) is -0.290. The van der Waals surface area contributed by atoms with E-state index >= 15 is 0 Å². The molecule has 0 amide bonds. The molecule has 18 heavy (non-hydrogen) atoms. The van der Waals surface area contributed by atoms with Crippen molar-refractivity contribution in [1.82, 2.24) is 19.1 Å². The molecule has 2 rings (SSSR count). The van der Waals surface area contributed by atoms with Crippen LogP contribution in [-0.4, -0.2) is 19.1 Å². The maximum Gasteiger partial charge on any atom is 0.329 e. The third-order valence-electron chi connectivity index (χ3n) is 2.66. The Kier molecular flexibility index (Phi) is 3.33. The van der Waals surface area contributed by atoms with E-state index in [1.54, 1.807) is 7.05 Å². The van der Waals surface area contributed by atoms with Crippen molar-refractivity contribution in [2.75, 3.05) is 0 Å². The maximum absolute atomic E-state index is 11.7. The Morgan fingerprint density at radius 2 is 2.22 bits per heavy atom. The summed E-state index contributed by atoms with van der Waals surface area (Å²) in [5, 5.41) is 0. The molecule has 94 valence electrons. The van der Waals surface area contributed by atoms with Gasteiger partial charge in [0.25, 0.3) is 5.56 Å². The second-order valence-electron chi connectivity index (χ2n) is 4.00. The van der Waals surface area contributed by atoms with Gasteiger partial charge in [0.05, 0.1) is 0 Å². The number of hydrogen-bond donors (Lipinski definition) is 1. The molecule has 1 N–H and O–H groups in total. The van der Waals surface area contributed by atoms with E-state index in [1.165, 1.54) is 15.5 Å². The molecular formula is C12H14N4O2. The second-order valence-corrected chi connectivity index (χ2v) is 4.00. The first-order chi connectivity index (χ1) is 8.65. The van der Waals surface area contributed by atoms with Crippen LogP contribution in [0.2, 0.25) is 0 Å². The van der Waals surface area contributed by atoms with Crippen LogP contribution >= 0.6 is 0 Å². The van der Waals surface area contributed by atoms with Gasteiger partial charge in [0, 0.05) is 19.5 Å². The Balaban J connectivity index is 2.54. The van der Waals surface area contributed by atoms with Gasteiger partial charge >= 0.3 is 5.69 Å². The van der Waals surface area contributed by atoms with Crippen molar-refractivity contribution in [3.63, 3.8) is 0 Å². The number of hydrogen-bond acceptors (Lipinski definition) is 3. The lowest BCUT2D eigenvalue weighted by molar-refractivity contribution is 0.826. The highest BCUT2D eigenvalue weighted by Gasteiger charge is 2.09. The predicted molar refractivity (Wildman–Crippen MR) is 68.3 cm³/mol. The van der Waals surface area contributed by atoms with E-state index in [-0.39, 0.29) is 0 Å². The normalized spacial score (nSPS) is 10.3. The van der Waals surface area contributed by atoms with E-state index in [4.69, 9.17) is 0 Å². The van der Waals surface area contributed by atoms with Crippen LogP contribution in [0.1, 0.15) is 26.2 Å². The molecule has 6 heteroatoms. The van der Waals surface area contributed by atoms with Gasteiger partial charge in [-0.2, -0.15) is 0 Å². The lowest BCUT2D eigenvalue weighted by Gasteiger charge is -1.97. The molecule has 0 saturated heterocycles. The molecular weight excluding hydrogens is 232 g/mol. The quantitative estimate of drug-likeness (QED) is 0.616. The van der Waals surface area contributed by atoms with Crippen molar-refractivity contribution in [1.29, 1.82) is 0 Å². The largest absolute Gasteiger partial charge is 0.329 e. The van der Waals surface area contributed by atoms with Crippen molar-refractivity contribution < 1.29 is 0 Å². The lowest BCUT2D eigenvalue weighted by atomic mass is 10.3. The van der Waals surface area contributed by atoms with Crippen LogP contribution in [0.4, 0.5) is 0 Å². The zero-order chi connectivity index (χ0) is 13.1. The topological polar surface area (TPSA) is 72.7 Å². The Hall–Kier alpha value is -2.29. The highest BCUT2D eigenvalue weighted by molar-refractivity contribution is 5.70. The standard InChI is InChI=1S/C12H14N4O2/c1-3-4-5-6-7-16-8-13-10-9(16)11(17)14-12(18)15(10)2/h8H,3-5H2,1-2H3,(H,14,17,18). The minimum atomic E-state index is -0.475. The minimum absolute atomic E-state index is 0.307. The number of fused-ring (bicyclic) bond motifs is 1. The molecule has 0 fully saturated rings. The van der Waals surface area contributed by atoms with Crippen molar-refractivity contribution >= 4 is 11.2 Å². The summed E-state index contributed by atoms with van der Waals surface area (Å²) in [4.78, 5) is 29.4. The molecule has 0 radical (unpaired) electrons. The van der Waals surface area contributed by atoms with Crippen molar-refractivity contribution in [3.05, 3.63) is 27.2 Å². The molecule has 0 bridgehead atoms. The fourth-order valence-corrected chi connectivity index (χ4v) is 1.62. The van der Waals surface area contributed by atoms with Crippen LogP contribution in [0.15, 0.2) is 15.9 Å². The zero-order valence-corrected chi connectivity index (χ0v) is 10.4. The summed E-state index contributed by atoms with van der Waals surface area (Å²) in [6.07, 6.45) is 4.33. The van der Waals surface area contributed by atoms with Crippen LogP contribution in [0.3, 0.4) is 0 Å². The van der Waals surface area contributed by atoms with E-state index < -0.39 is 11.2 Å². The van der Waals surface area contributed by atoms with Gasteiger partial charge in [-0.15, -0.1) is 0 Å². The molecule has 2 heterocycles. The first-order valence-electron chi connectivity index (χ1n) is 5.80. The number of rotatable bonds is 2. The van der Waals surface area contributed by atoms with Gasteiger partial charge in [-0.05, 0) is 6.42 Å². The Bertz CT molecular complexity index is 739. The van der Waals surface area contributed by atoms with E-state index in [1.807, 2.05) is 0 Å². The summed E-state index contributed by atoms with van der Waals surface area (Å²) in [6.45, 7) is 2.09. The number of aromatic amines is 1. The average Bonchev–Trinajstić information content (AvgIpc) is 2.76. The van der Waals surface area contributed by atoms with Crippen LogP contribution in [0.5, 0.6) is 0 Å². The van der Waals surface area contributed by atoms with Gasteiger partial charge in [-0.1, -0.05) is 19.3 Å². The smallest absolute Gasteiger partial charge is 0.279 e. The third kappa shape index (κ3) is 2.07. The zero-order valence-electron chi connectivity index (χ0n) is 10.4. The Labute approximate surface area is 103 Å². The molecule has 6 nitrogen and oxygen atoms in total. The molecule has 0 aromatic carbocycles. The van der Waals surface area contributed by atoms with Crippen molar-refractivity contribution in [3.8, 4) is 12.0 Å². The highest BCUT2D eigenvalue weighted by Crippen LogP contribution is 2.02. The molecule has 2 aromatic rings. The van der Waals surface area contributed by atoms with Gasteiger partial charge in [0.2, 0.25) is 0 Å². The first-order valence-corrected chi connectivity index (χ1v) is 5.80. The number of imidazole rings is 1. The summed E-state index contributed by atoms with van der Waals surface area (Å²) in [7, 11) is 1.56. The molecule has 0 aliphatic carbocycles. The summed E-state index contributed by atoms with van der Waals surface area (Å²) in [6, 6.07) is 2.86. The van der Waals surface area contributed by atoms with Crippen LogP contribution in [0.25, 0.3) is 11.2 Å². The van der Waals surface area contributed by atoms with Crippen molar-refractivity contribution in [2.45, 2.75) is 26.2 Å². The molecule has 0 atom stereocenters. The predicted octanol–water partition coefficient (Wildman–Crippen LogP) is 0.422. The van der Waals surface area contributed by atoms with Crippen molar-refractivity contribution in [2.24, 2.45) is 7.05 Å². The summed E-state index contributed by atoms with van der Waals surface area (Å²) in [5.74, 6) is 2.97. The molecule has 0 spiro atoms. The average molecular weight is 246 g/mol. The van der Waals surface area contributed by atoms with Gasteiger partial charge in [-0.25, -0.2) is 9.78 Å². The summed E-state index contributed by atoms with van der Waals surface area (Å²) >= 11 is 0. The fraction of sp³-hybridized carbons (Fsp3) is 0.417. The lowest BCUT2D eigenvalue weighted by Crippen LogP contribution is -2.29. The highest BCUT2D eigenvalue weighted by atomic mass is 16.2. The minimum Gasteiger partial charge on any atom is -0.279 e. The molecule has 0 unspecified atom stereocenters. The number of H-pyrrole nitrogens is 1. The number of aryl methyl sites for hydroxylation is 1. The number of nitrogens with one attached hydrogen (secondary N) is 1. The van der Waals surface area contributed by atoms with E-state index in [2.05, 4.69) is 28.9 Å². The van der Waals surface area contributed by atoms with Gasteiger partial charge < -0.3 is 0 Å². The number of unbranched alkanes of at least 4 members (excludes halogenated alkanes) is 2. The maximum atomic E-state index is 11.7. The van der Waals surface area contributed by atoms with E-state index in [0.717, 1.165) is 19.3 Å². The van der Waals surface area contributed by atoms with Gasteiger partial charge in [0.15, 0.2) is 11.2 Å². The molecule has 0 saturated carbocycles. The van der Waals surface area contributed by atoms with Crippen LogP contribution in [0, 0.1) is 12.0 Å². The second kappa shape index (κ2) is 4.92. The number of nitrogens with zero attached hydrogens (tertiary/aromatic N) is 3. The number of aromatic nitrogens is 4. The van der Waals surface area contributed by atoms with Gasteiger partial charge in [-0.3, -0.25) is 18.9 Å². The molecule has 2 aromatic heterocycles. The molecule has 0 aliphatic heterocycles. The van der Waals surface area contributed by atoms with Gasteiger partial charge in [0.1, 0.15) is 6.33 Å². The van der Waals surface area contributed by atoms with Crippen LogP contribution < -0.4 is 11.2 Å². The third-order valence-corrected chi connectivity index (χ3v) is 2.66. The SMILES string of the molecule is CCCCC#Cn1cnc2c1c(=O)[nH]c(=O)n2C. The van der Waals surface area contributed by atoms with E-state index in [9.17, 15) is 9.59 Å². The Morgan fingerprint density at radius 3 is 2.94 bits per heavy atom.